The van der Waals surface area contributed by atoms with Crippen molar-refractivity contribution in [2.45, 2.75) is 69.8 Å². The molecule has 1 N–H and O–H groups in total. The number of amides is 1. The van der Waals surface area contributed by atoms with E-state index in [4.69, 9.17) is 4.98 Å². The molecule has 1 amide bonds. The second-order valence-corrected chi connectivity index (χ2v) is 9.59. The third-order valence-corrected chi connectivity index (χ3v) is 6.45. The Morgan fingerprint density at radius 2 is 1.97 bits per heavy atom. The van der Waals surface area contributed by atoms with Crippen molar-refractivity contribution in [3.05, 3.63) is 47.2 Å². The van der Waals surface area contributed by atoms with E-state index in [1.165, 1.54) is 32.1 Å². The number of nitrogens with one attached hydrogen (secondary N) is 1. The van der Waals surface area contributed by atoms with Crippen molar-refractivity contribution < 1.29 is 4.79 Å². The Balaban J connectivity index is 1.65. The predicted molar refractivity (Wildman–Crippen MR) is 125 cm³/mol. The first kappa shape index (κ1) is 22.6. The monoisotopic (exact) mass is 426 g/mol. The Morgan fingerprint density at radius 3 is 2.70 bits per heavy atom. The maximum Gasteiger partial charge on any atom is 0.251 e. The van der Waals surface area contributed by atoms with Crippen LogP contribution in [-0.4, -0.2) is 35.5 Å². The molecule has 162 valence electrons. The van der Waals surface area contributed by atoms with Gasteiger partial charge in [-0.15, -0.1) is 0 Å². The van der Waals surface area contributed by atoms with E-state index in [1.54, 1.807) is 11.8 Å². The largest absolute Gasteiger partial charge is 0.357 e. The Bertz CT molecular complexity index is 849. The van der Waals surface area contributed by atoms with Gasteiger partial charge in [0.15, 0.2) is 5.16 Å². The summed E-state index contributed by atoms with van der Waals surface area (Å²) in [4.78, 5) is 24.1. The quantitative estimate of drug-likeness (QED) is 0.462. The number of nitrogens with zero attached hydrogens (tertiary/aromatic N) is 3. The topological polar surface area (TPSA) is 58.1 Å². The van der Waals surface area contributed by atoms with E-state index >= 15 is 0 Å². The Hall–Kier alpha value is -2.08. The first-order valence-corrected chi connectivity index (χ1v) is 12.0. The molecule has 2 aromatic rings. The van der Waals surface area contributed by atoms with Crippen LogP contribution in [0.15, 0.2) is 35.5 Å². The number of aryl methyl sites for hydroxylation is 1. The fourth-order valence-corrected chi connectivity index (χ4v) is 4.62. The average molecular weight is 427 g/mol. The number of benzene rings is 1. The molecule has 1 saturated carbocycles. The van der Waals surface area contributed by atoms with Crippen LogP contribution >= 0.6 is 11.8 Å². The molecule has 6 heteroatoms. The van der Waals surface area contributed by atoms with Crippen molar-refractivity contribution >= 4 is 23.5 Å². The van der Waals surface area contributed by atoms with Crippen molar-refractivity contribution in [1.29, 1.82) is 0 Å². The van der Waals surface area contributed by atoms with E-state index in [-0.39, 0.29) is 5.91 Å². The van der Waals surface area contributed by atoms with Gasteiger partial charge in [-0.2, -0.15) is 0 Å². The molecule has 1 aliphatic rings. The van der Waals surface area contributed by atoms with Crippen LogP contribution in [0.2, 0.25) is 0 Å². The summed E-state index contributed by atoms with van der Waals surface area (Å²) < 4.78 is 0. The summed E-state index contributed by atoms with van der Waals surface area (Å²) in [6.45, 7) is 6.90. The van der Waals surface area contributed by atoms with Crippen molar-refractivity contribution in [3.63, 3.8) is 0 Å². The molecule has 0 atom stereocenters. The summed E-state index contributed by atoms with van der Waals surface area (Å²) in [6, 6.07) is 10.5. The molecule has 1 aromatic heterocycles. The molecule has 30 heavy (non-hydrogen) atoms. The highest BCUT2D eigenvalue weighted by molar-refractivity contribution is 7.98. The van der Waals surface area contributed by atoms with E-state index in [1.807, 2.05) is 25.1 Å². The molecule has 0 bridgehead atoms. The number of hydrogen-bond donors (Lipinski definition) is 1. The minimum Gasteiger partial charge on any atom is -0.357 e. The minimum atomic E-state index is -0.0150. The average Bonchev–Trinajstić information content (AvgIpc) is 2.76. The van der Waals surface area contributed by atoms with Gasteiger partial charge in [0, 0.05) is 42.7 Å². The minimum absolute atomic E-state index is 0.0150. The van der Waals surface area contributed by atoms with Gasteiger partial charge in [-0.3, -0.25) is 4.79 Å². The van der Waals surface area contributed by atoms with Gasteiger partial charge in [0.05, 0.1) is 0 Å². The second kappa shape index (κ2) is 10.8. The zero-order valence-corrected chi connectivity index (χ0v) is 19.5. The first-order chi connectivity index (χ1) is 14.4. The fourth-order valence-electron chi connectivity index (χ4n) is 3.77. The lowest BCUT2D eigenvalue weighted by atomic mass is 9.94. The van der Waals surface area contributed by atoms with Crippen molar-refractivity contribution in [2.75, 3.05) is 18.5 Å². The molecule has 3 rings (SSSR count). The highest BCUT2D eigenvalue weighted by Crippen LogP contribution is 2.27. The lowest BCUT2D eigenvalue weighted by molar-refractivity contribution is 0.0949. The number of aromatic nitrogens is 2. The lowest BCUT2D eigenvalue weighted by Gasteiger charge is -2.32. The number of anilines is 1. The van der Waals surface area contributed by atoms with E-state index in [0.29, 0.717) is 24.1 Å². The third-order valence-electron chi connectivity index (χ3n) is 5.53. The van der Waals surface area contributed by atoms with Crippen LogP contribution in [0.3, 0.4) is 0 Å². The number of thioether (sulfide) groups is 1. The zero-order chi connectivity index (χ0) is 21.5. The number of carbonyl (C=O) groups is 1. The standard InChI is InChI=1S/C24H34N4OS/c1-17(2)15-25-23(29)20-10-8-9-19(14-20)16-30-24-26-18(3)13-22(27-24)28(4)21-11-6-5-7-12-21/h8-10,13-14,17,21H,5-7,11-12,15-16H2,1-4H3,(H,25,29). The fraction of sp³-hybridized carbons (Fsp3) is 0.542. The van der Waals surface area contributed by atoms with Crippen LogP contribution in [0.4, 0.5) is 5.82 Å². The first-order valence-electron chi connectivity index (χ1n) is 11.0. The maximum atomic E-state index is 12.3. The van der Waals surface area contributed by atoms with E-state index in [2.05, 4.69) is 48.2 Å². The van der Waals surface area contributed by atoms with Crippen LogP contribution in [0.5, 0.6) is 0 Å². The van der Waals surface area contributed by atoms with Crippen LogP contribution in [-0.2, 0) is 5.75 Å². The molecule has 1 heterocycles. The molecule has 1 aliphatic carbocycles. The summed E-state index contributed by atoms with van der Waals surface area (Å²) in [5.41, 5.74) is 2.80. The van der Waals surface area contributed by atoms with Crippen LogP contribution < -0.4 is 10.2 Å². The Labute approximate surface area is 185 Å². The summed E-state index contributed by atoms with van der Waals surface area (Å²) in [5.74, 6) is 2.17. The molecule has 5 nitrogen and oxygen atoms in total. The van der Waals surface area contributed by atoms with E-state index in [9.17, 15) is 4.79 Å². The molecule has 1 fully saturated rings. The van der Waals surface area contributed by atoms with Crippen molar-refractivity contribution in [3.8, 4) is 0 Å². The SMILES string of the molecule is Cc1cc(N(C)C2CCCCC2)nc(SCc2cccc(C(=O)NCC(C)C)c2)n1. The van der Waals surface area contributed by atoms with Crippen molar-refractivity contribution in [1.82, 2.24) is 15.3 Å². The highest BCUT2D eigenvalue weighted by Gasteiger charge is 2.20. The van der Waals surface area contributed by atoms with E-state index < -0.39 is 0 Å². The molecule has 0 radical (unpaired) electrons. The molecular formula is C24H34N4OS. The van der Waals surface area contributed by atoms with Crippen LogP contribution in [0.1, 0.15) is 67.6 Å². The molecule has 0 aliphatic heterocycles. The zero-order valence-electron chi connectivity index (χ0n) is 18.6. The molecule has 0 unspecified atom stereocenters. The summed E-state index contributed by atoms with van der Waals surface area (Å²) >= 11 is 1.62. The van der Waals surface area contributed by atoms with E-state index in [0.717, 1.165) is 28.0 Å². The van der Waals surface area contributed by atoms with Crippen LogP contribution in [0.25, 0.3) is 0 Å². The molecular weight excluding hydrogens is 392 g/mol. The van der Waals surface area contributed by atoms with Gasteiger partial charge in [-0.05, 0) is 43.4 Å². The van der Waals surface area contributed by atoms with Crippen molar-refractivity contribution in [2.24, 2.45) is 5.92 Å². The van der Waals surface area contributed by atoms with Gasteiger partial charge in [0.1, 0.15) is 5.82 Å². The normalized spacial score (nSPS) is 14.7. The van der Waals surface area contributed by atoms with Gasteiger partial charge in [0.2, 0.25) is 0 Å². The Kier molecular flexibility index (Phi) is 8.14. The van der Waals surface area contributed by atoms with Gasteiger partial charge < -0.3 is 10.2 Å². The second-order valence-electron chi connectivity index (χ2n) is 8.65. The molecule has 1 aromatic carbocycles. The highest BCUT2D eigenvalue weighted by atomic mass is 32.2. The number of rotatable bonds is 8. The number of hydrogen-bond acceptors (Lipinski definition) is 5. The number of carbonyl (C=O) groups excluding carboxylic acids is 1. The maximum absolute atomic E-state index is 12.3. The lowest BCUT2D eigenvalue weighted by Crippen LogP contribution is -2.34. The third kappa shape index (κ3) is 6.46. The van der Waals surface area contributed by atoms with Gasteiger partial charge >= 0.3 is 0 Å². The van der Waals surface area contributed by atoms with Gasteiger partial charge in [0.25, 0.3) is 5.91 Å². The summed E-state index contributed by atoms with van der Waals surface area (Å²) in [6.07, 6.45) is 6.45. The van der Waals surface area contributed by atoms with Gasteiger partial charge in [-0.25, -0.2) is 9.97 Å². The van der Waals surface area contributed by atoms with Gasteiger partial charge in [-0.1, -0.05) is 57.0 Å². The predicted octanol–water partition coefficient (Wildman–Crippen LogP) is 5.23. The molecule has 0 saturated heterocycles. The summed E-state index contributed by atoms with van der Waals surface area (Å²) in [5, 5.41) is 3.78. The molecule has 0 spiro atoms. The van der Waals surface area contributed by atoms with Crippen LogP contribution in [0, 0.1) is 12.8 Å². The summed E-state index contributed by atoms with van der Waals surface area (Å²) in [7, 11) is 2.16. The Morgan fingerprint density at radius 1 is 1.20 bits per heavy atom. The smallest absolute Gasteiger partial charge is 0.251 e.